The van der Waals surface area contributed by atoms with Crippen LogP contribution in [0.15, 0.2) is 48.6 Å². The Balaban J connectivity index is 2.37. The maximum atomic E-state index is 13.2. The van der Waals surface area contributed by atoms with E-state index >= 15 is 0 Å². The molecular formula is C59H109NO10. The van der Waals surface area contributed by atoms with Crippen LogP contribution >= 0.6 is 0 Å². The SMILES string of the molecule is CCCCCCCCCCCC/C=C\CCCCCCCCC(O)C(=O)NC(COC1OC(CO)C(O)C(O)C1O)C(O)C(O)CCC/C=C/CC/C=C/CC/C=C/CCCCCCCCCCCC. The zero-order chi connectivity index (χ0) is 51.1. The highest BCUT2D eigenvalue weighted by atomic mass is 16.7. The molecule has 1 saturated heterocycles. The lowest BCUT2D eigenvalue weighted by molar-refractivity contribution is -0.303. The number of aliphatic hydroxyl groups excluding tert-OH is 7. The molecule has 9 atom stereocenters. The average Bonchev–Trinajstić information content (AvgIpc) is 3.36. The Morgan fingerprint density at radius 2 is 0.857 bits per heavy atom. The molecule has 1 rings (SSSR count). The van der Waals surface area contributed by atoms with E-state index in [0.29, 0.717) is 19.3 Å². The average molecular weight is 993 g/mol. The number of carbonyl (C=O) groups excluding carboxylic acids is 1. The van der Waals surface area contributed by atoms with E-state index < -0.39 is 74.2 Å². The van der Waals surface area contributed by atoms with Crippen LogP contribution in [-0.4, -0.2) is 110 Å². The van der Waals surface area contributed by atoms with Crippen LogP contribution < -0.4 is 5.32 Å². The Hall–Kier alpha value is -1.93. The first kappa shape index (κ1) is 66.1. The summed E-state index contributed by atoms with van der Waals surface area (Å²) < 4.78 is 11.1. The van der Waals surface area contributed by atoms with E-state index in [2.05, 4.69) is 67.8 Å². The molecule has 0 radical (unpaired) electrons. The summed E-state index contributed by atoms with van der Waals surface area (Å²) in [6.07, 6.45) is 48.8. The molecule has 0 aromatic carbocycles. The normalized spacial score (nSPS) is 20.6. The van der Waals surface area contributed by atoms with Crippen LogP contribution in [-0.2, 0) is 14.3 Å². The molecule has 1 amide bonds. The standard InChI is InChI=1S/C59H109NO10/c1-3-5-7-9-11-13-15-17-19-21-23-25-26-27-29-30-32-34-36-38-40-42-44-46-51(62)54(64)50(49-69-59-57(67)56(66)55(65)53(48-61)70-59)60-58(68)52(63)47-45-43-41-39-37-35-33-31-28-24-22-20-18-16-14-12-10-8-6-4-2/h25-26,28,30-32,38,40,50-57,59,61-67H,3-24,27,29,33-37,39,41-49H2,1-2H3,(H,60,68)/b26-25+,31-28-,32-30+,40-38+. The van der Waals surface area contributed by atoms with Gasteiger partial charge in [-0.1, -0.05) is 210 Å². The molecule has 410 valence electrons. The number of carbonyl (C=O) groups is 1. The zero-order valence-electron chi connectivity index (χ0n) is 44.7. The van der Waals surface area contributed by atoms with Gasteiger partial charge in [-0.3, -0.25) is 4.79 Å². The van der Waals surface area contributed by atoms with Gasteiger partial charge in [0.1, 0.15) is 36.6 Å². The van der Waals surface area contributed by atoms with Gasteiger partial charge in [-0.15, -0.1) is 0 Å². The Morgan fingerprint density at radius 1 is 0.486 bits per heavy atom. The van der Waals surface area contributed by atoms with Crippen molar-refractivity contribution in [3.05, 3.63) is 48.6 Å². The molecule has 0 aliphatic carbocycles. The molecule has 0 saturated carbocycles. The zero-order valence-corrected chi connectivity index (χ0v) is 44.7. The van der Waals surface area contributed by atoms with Crippen molar-refractivity contribution in [2.45, 2.75) is 306 Å². The first-order valence-electron chi connectivity index (χ1n) is 29.0. The van der Waals surface area contributed by atoms with E-state index in [0.717, 1.165) is 64.2 Å². The number of unbranched alkanes of at least 4 members (excludes halogenated alkanes) is 29. The quantitative estimate of drug-likeness (QED) is 0.0215. The van der Waals surface area contributed by atoms with Crippen molar-refractivity contribution in [3.63, 3.8) is 0 Å². The Morgan fingerprint density at radius 3 is 1.27 bits per heavy atom. The molecule has 0 spiro atoms. The van der Waals surface area contributed by atoms with Crippen LogP contribution in [0.5, 0.6) is 0 Å². The van der Waals surface area contributed by atoms with Gasteiger partial charge in [0.25, 0.3) is 0 Å². The second-order valence-electron chi connectivity index (χ2n) is 20.3. The van der Waals surface area contributed by atoms with Gasteiger partial charge in [-0.05, 0) is 89.9 Å². The Labute approximate surface area is 428 Å². The van der Waals surface area contributed by atoms with E-state index in [4.69, 9.17) is 9.47 Å². The summed E-state index contributed by atoms with van der Waals surface area (Å²) >= 11 is 0. The monoisotopic (exact) mass is 992 g/mol. The third-order valence-electron chi connectivity index (χ3n) is 13.8. The lowest BCUT2D eigenvalue weighted by Gasteiger charge is -2.40. The molecule has 1 heterocycles. The lowest BCUT2D eigenvalue weighted by atomic mass is 9.98. The van der Waals surface area contributed by atoms with Crippen LogP contribution in [0, 0.1) is 0 Å². The van der Waals surface area contributed by atoms with E-state index in [-0.39, 0.29) is 12.8 Å². The summed E-state index contributed by atoms with van der Waals surface area (Å²) in [5.41, 5.74) is 0. The van der Waals surface area contributed by atoms with Crippen molar-refractivity contribution in [2.24, 2.45) is 0 Å². The molecule has 9 unspecified atom stereocenters. The highest BCUT2D eigenvalue weighted by Crippen LogP contribution is 2.23. The molecule has 1 aliphatic rings. The van der Waals surface area contributed by atoms with Gasteiger partial charge in [0, 0.05) is 0 Å². The first-order valence-corrected chi connectivity index (χ1v) is 29.0. The topological polar surface area (TPSA) is 189 Å². The molecule has 0 aromatic rings. The third-order valence-corrected chi connectivity index (χ3v) is 13.8. The first-order chi connectivity index (χ1) is 34.2. The van der Waals surface area contributed by atoms with Gasteiger partial charge < -0.3 is 50.5 Å². The highest BCUT2D eigenvalue weighted by molar-refractivity contribution is 5.80. The number of aliphatic hydroxyl groups is 7. The molecule has 0 bridgehead atoms. The number of ether oxygens (including phenoxy) is 2. The summed E-state index contributed by atoms with van der Waals surface area (Å²) in [7, 11) is 0. The number of allylic oxidation sites excluding steroid dienone is 8. The van der Waals surface area contributed by atoms with E-state index in [1.54, 1.807) is 0 Å². The number of nitrogens with one attached hydrogen (secondary N) is 1. The predicted molar refractivity (Wildman–Crippen MR) is 288 cm³/mol. The molecule has 8 N–H and O–H groups in total. The Bertz CT molecular complexity index is 1280. The molecular weight excluding hydrogens is 883 g/mol. The smallest absolute Gasteiger partial charge is 0.249 e. The molecule has 0 aromatic heterocycles. The summed E-state index contributed by atoms with van der Waals surface area (Å²) in [6, 6.07) is -1.20. The van der Waals surface area contributed by atoms with Crippen molar-refractivity contribution in [2.75, 3.05) is 13.2 Å². The van der Waals surface area contributed by atoms with Crippen molar-refractivity contribution < 1.29 is 50.0 Å². The van der Waals surface area contributed by atoms with Gasteiger partial charge in [0.05, 0.1) is 25.4 Å². The molecule has 11 heteroatoms. The summed E-state index contributed by atoms with van der Waals surface area (Å²) in [5.74, 6) is -0.716. The Kier molecular flexibility index (Phi) is 45.3. The highest BCUT2D eigenvalue weighted by Gasteiger charge is 2.44. The van der Waals surface area contributed by atoms with Gasteiger partial charge in [-0.25, -0.2) is 0 Å². The van der Waals surface area contributed by atoms with Crippen LogP contribution in [0.2, 0.25) is 0 Å². The van der Waals surface area contributed by atoms with Crippen LogP contribution in [0.3, 0.4) is 0 Å². The van der Waals surface area contributed by atoms with Crippen molar-refractivity contribution in [3.8, 4) is 0 Å². The second-order valence-corrected chi connectivity index (χ2v) is 20.3. The second kappa shape index (κ2) is 48.0. The number of rotatable bonds is 49. The van der Waals surface area contributed by atoms with Crippen molar-refractivity contribution in [1.29, 1.82) is 0 Å². The molecule has 70 heavy (non-hydrogen) atoms. The van der Waals surface area contributed by atoms with E-state index in [1.165, 1.54) is 141 Å². The number of amides is 1. The fourth-order valence-corrected chi connectivity index (χ4v) is 9.06. The fraction of sp³-hybridized carbons (Fsp3) is 0.847. The minimum absolute atomic E-state index is 0.239. The van der Waals surface area contributed by atoms with Gasteiger partial charge in [0.2, 0.25) is 5.91 Å². The van der Waals surface area contributed by atoms with Gasteiger partial charge in [0.15, 0.2) is 6.29 Å². The summed E-state index contributed by atoms with van der Waals surface area (Å²) in [5, 5.41) is 76.1. The molecule has 11 nitrogen and oxygen atoms in total. The van der Waals surface area contributed by atoms with Gasteiger partial charge >= 0.3 is 0 Å². The summed E-state index contributed by atoms with van der Waals surface area (Å²) in [4.78, 5) is 13.2. The van der Waals surface area contributed by atoms with E-state index in [1.807, 2.05) is 0 Å². The predicted octanol–water partition coefficient (Wildman–Crippen LogP) is 12.1. The summed E-state index contributed by atoms with van der Waals surface area (Å²) in [6.45, 7) is 3.45. The minimum atomic E-state index is -1.68. The maximum Gasteiger partial charge on any atom is 0.249 e. The number of hydrogen-bond acceptors (Lipinski definition) is 10. The largest absolute Gasteiger partial charge is 0.394 e. The van der Waals surface area contributed by atoms with Crippen LogP contribution in [0.4, 0.5) is 0 Å². The maximum absolute atomic E-state index is 13.2. The molecule has 1 fully saturated rings. The third kappa shape index (κ3) is 36.1. The lowest BCUT2D eigenvalue weighted by Crippen LogP contribution is -2.60. The number of hydrogen-bond donors (Lipinski definition) is 8. The van der Waals surface area contributed by atoms with Gasteiger partial charge in [-0.2, -0.15) is 0 Å². The fourth-order valence-electron chi connectivity index (χ4n) is 9.06. The minimum Gasteiger partial charge on any atom is -0.394 e. The van der Waals surface area contributed by atoms with E-state index in [9.17, 15) is 40.5 Å². The van der Waals surface area contributed by atoms with Crippen LogP contribution in [0.25, 0.3) is 0 Å². The molecule has 1 aliphatic heterocycles. The van der Waals surface area contributed by atoms with Crippen molar-refractivity contribution >= 4 is 5.91 Å². The van der Waals surface area contributed by atoms with Crippen LogP contribution in [0.1, 0.15) is 251 Å². The van der Waals surface area contributed by atoms with Crippen molar-refractivity contribution in [1.82, 2.24) is 5.32 Å².